The highest BCUT2D eigenvalue weighted by Crippen LogP contribution is 2.15. The minimum Gasteiger partial charge on any atom is -0.368 e. The highest BCUT2D eigenvalue weighted by molar-refractivity contribution is 5.92. The summed E-state index contributed by atoms with van der Waals surface area (Å²) in [6, 6.07) is 10.3. The number of likely N-dealkylation sites (N-methyl/N-ethyl adjacent to an activating group) is 1. The second kappa shape index (κ2) is 8.76. The summed E-state index contributed by atoms with van der Waals surface area (Å²) in [5, 5.41) is 2.80. The topological polar surface area (TPSA) is 48.5 Å². The maximum absolute atomic E-state index is 13.6. The lowest BCUT2D eigenvalue weighted by molar-refractivity contribution is 0.0949. The molecule has 0 bridgehead atoms. The molecule has 1 aromatic heterocycles. The molecule has 138 valence electrons. The zero-order valence-electron chi connectivity index (χ0n) is 15.1. The molecule has 0 spiro atoms. The average Bonchev–Trinajstić information content (AvgIpc) is 2.69. The van der Waals surface area contributed by atoms with Crippen LogP contribution in [-0.4, -0.2) is 55.1 Å². The Labute approximate surface area is 153 Å². The molecule has 6 heteroatoms. The molecule has 1 aromatic carbocycles. The molecule has 26 heavy (non-hydrogen) atoms. The maximum atomic E-state index is 13.6. The Kier molecular flexibility index (Phi) is 6.17. The third-order valence-electron chi connectivity index (χ3n) is 4.80. The van der Waals surface area contributed by atoms with Crippen molar-refractivity contribution in [1.82, 2.24) is 15.2 Å². The Bertz CT molecular complexity index is 727. The Balaban J connectivity index is 1.50. The number of anilines is 1. The summed E-state index contributed by atoms with van der Waals surface area (Å²) in [6.07, 6.45) is 2.21. The van der Waals surface area contributed by atoms with Gasteiger partial charge in [-0.2, -0.15) is 0 Å². The van der Waals surface area contributed by atoms with Gasteiger partial charge in [-0.25, -0.2) is 9.37 Å². The van der Waals surface area contributed by atoms with Gasteiger partial charge in [-0.1, -0.05) is 25.1 Å². The molecular weight excluding hydrogens is 331 g/mol. The maximum Gasteiger partial charge on any atom is 0.269 e. The Morgan fingerprint density at radius 1 is 1.15 bits per heavy atom. The molecule has 0 radical (unpaired) electrons. The molecule has 1 fully saturated rings. The number of pyridine rings is 1. The number of piperazine rings is 1. The van der Waals surface area contributed by atoms with E-state index in [2.05, 4.69) is 27.0 Å². The van der Waals surface area contributed by atoms with Crippen molar-refractivity contribution in [3.8, 4) is 0 Å². The van der Waals surface area contributed by atoms with Crippen LogP contribution >= 0.6 is 0 Å². The number of rotatable bonds is 6. The van der Waals surface area contributed by atoms with Crippen molar-refractivity contribution >= 4 is 11.6 Å². The molecule has 1 N–H and O–H groups in total. The van der Waals surface area contributed by atoms with E-state index in [1.807, 2.05) is 6.07 Å². The zero-order valence-corrected chi connectivity index (χ0v) is 15.1. The van der Waals surface area contributed by atoms with Gasteiger partial charge in [0.1, 0.15) is 11.5 Å². The highest BCUT2D eigenvalue weighted by atomic mass is 19.1. The molecule has 5 nitrogen and oxygen atoms in total. The first-order valence-corrected chi connectivity index (χ1v) is 9.12. The molecule has 0 aliphatic carbocycles. The fourth-order valence-corrected chi connectivity index (χ4v) is 3.13. The van der Waals surface area contributed by atoms with Gasteiger partial charge in [0.15, 0.2) is 0 Å². The van der Waals surface area contributed by atoms with Crippen LogP contribution in [0, 0.1) is 5.82 Å². The molecule has 0 saturated carbocycles. The first-order chi connectivity index (χ1) is 12.7. The lowest BCUT2D eigenvalue weighted by Gasteiger charge is -2.35. The lowest BCUT2D eigenvalue weighted by atomic mass is 10.1. The van der Waals surface area contributed by atoms with Crippen LogP contribution in [0.4, 0.5) is 10.1 Å². The van der Waals surface area contributed by atoms with Gasteiger partial charge in [0.05, 0.1) is 11.9 Å². The molecule has 1 aliphatic heterocycles. The average molecular weight is 356 g/mol. The van der Waals surface area contributed by atoms with Gasteiger partial charge in [-0.15, -0.1) is 0 Å². The second-order valence-corrected chi connectivity index (χ2v) is 6.42. The molecule has 1 aliphatic rings. The predicted octanol–water partition coefficient (Wildman–Crippen LogP) is 2.34. The summed E-state index contributed by atoms with van der Waals surface area (Å²) < 4.78 is 13.6. The van der Waals surface area contributed by atoms with Crippen molar-refractivity contribution in [2.24, 2.45) is 0 Å². The molecule has 0 atom stereocenters. The van der Waals surface area contributed by atoms with Gasteiger partial charge in [0, 0.05) is 32.7 Å². The minimum atomic E-state index is -0.243. The van der Waals surface area contributed by atoms with Crippen LogP contribution in [-0.2, 0) is 6.42 Å². The number of benzene rings is 1. The van der Waals surface area contributed by atoms with E-state index in [-0.39, 0.29) is 11.7 Å². The SMILES string of the molecule is CCN1CCN(c2ccc(C(=O)NCCc3ccccc3F)nc2)CC1. The Hall–Kier alpha value is -2.47. The smallest absolute Gasteiger partial charge is 0.269 e. The normalized spacial score (nSPS) is 15.1. The Morgan fingerprint density at radius 2 is 1.92 bits per heavy atom. The number of amides is 1. The number of hydrogen-bond acceptors (Lipinski definition) is 4. The van der Waals surface area contributed by atoms with Crippen LogP contribution < -0.4 is 10.2 Å². The van der Waals surface area contributed by atoms with Crippen LogP contribution in [0.3, 0.4) is 0 Å². The first-order valence-electron chi connectivity index (χ1n) is 9.12. The van der Waals surface area contributed by atoms with E-state index in [1.165, 1.54) is 6.07 Å². The number of halogens is 1. The number of carbonyl (C=O) groups excluding carboxylic acids is 1. The molecule has 1 amide bonds. The van der Waals surface area contributed by atoms with Crippen molar-refractivity contribution in [1.29, 1.82) is 0 Å². The fourth-order valence-electron chi connectivity index (χ4n) is 3.13. The molecule has 0 unspecified atom stereocenters. The van der Waals surface area contributed by atoms with Gasteiger partial charge >= 0.3 is 0 Å². The number of carbonyl (C=O) groups is 1. The van der Waals surface area contributed by atoms with E-state index < -0.39 is 0 Å². The summed E-state index contributed by atoms with van der Waals surface area (Å²) in [7, 11) is 0. The number of hydrogen-bond donors (Lipinski definition) is 1. The number of aromatic nitrogens is 1. The van der Waals surface area contributed by atoms with Gasteiger partial charge < -0.3 is 15.1 Å². The minimum absolute atomic E-state index is 0.233. The molecule has 3 rings (SSSR count). The second-order valence-electron chi connectivity index (χ2n) is 6.42. The summed E-state index contributed by atoms with van der Waals surface area (Å²) >= 11 is 0. The van der Waals surface area contributed by atoms with Crippen molar-refractivity contribution in [2.75, 3.05) is 44.2 Å². The van der Waals surface area contributed by atoms with E-state index in [0.717, 1.165) is 38.4 Å². The van der Waals surface area contributed by atoms with E-state index >= 15 is 0 Å². The van der Waals surface area contributed by atoms with Gasteiger partial charge in [-0.3, -0.25) is 4.79 Å². The van der Waals surface area contributed by atoms with E-state index in [4.69, 9.17) is 0 Å². The standard InChI is InChI=1S/C20H25FN4O/c1-2-24-11-13-25(14-12-24)17-7-8-19(23-15-17)20(26)22-10-9-16-5-3-4-6-18(16)21/h3-8,15H,2,9-14H2,1H3,(H,22,26). The van der Waals surface area contributed by atoms with Gasteiger partial charge in [-0.05, 0) is 36.7 Å². The van der Waals surface area contributed by atoms with Crippen LogP contribution in [0.1, 0.15) is 23.0 Å². The van der Waals surface area contributed by atoms with E-state index in [1.54, 1.807) is 30.5 Å². The highest BCUT2D eigenvalue weighted by Gasteiger charge is 2.16. The molecule has 2 heterocycles. The van der Waals surface area contributed by atoms with Crippen LogP contribution in [0.2, 0.25) is 0 Å². The molecule has 2 aromatic rings. The first kappa shape index (κ1) is 18.3. The fraction of sp³-hybridized carbons (Fsp3) is 0.400. The lowest BCUT2D eigenvalue weighted by Crippen LogP contribution is -2.46. The number of nitrogens with zero attached hydrogens (tertiary/aromatic N) is 3. The number of nitrogens with one attached hydrogen (secondary N) is 1. The summed E-state index contributed by atoms with van der Waals surface area (Å²) in [5.74, 6) is -0.476. The van der Waals surface area contributed by atoms with E-state index in [0.29, 0.717) is 24.2 Å². The van der Waals surface area contributed by atoms with Crippen LogP contribution in [0.25, 0.3) is 0 Å². The Morgan fingerprint density at radius 3 is 2.58 bits per heavy atom. The quantitative estimate of drug-likeness (QED) is 0.863. The van der Waals surface area contributed by atoms with Crippen LogP contribution in [0.15, 0.2) is 42.6 Å². The summed E-state index contributed by atoms with van der Waals surface area (Å²) in [6.45, 7) is 7.69. The predicted molar refractivity (Wildman–Crippen MR) is 101 cm³/mol. The van der Waals surface area contributed by atoms with Crippen molar-refractivity contribution in [3.63, 3.8) is 0 Å². The van der Waals surface area contributed by atoms with Gasteiger partial charge in [0.25, 0.3) is 5.91 Å². The van der Waals surface area contributed by atoms with Crippen molar-refractivity contribution in [3.05, 3.63) is 59.7 Å². The summed E-state index contributed by atoms with van der Waals surface area (Å²) in [4.78, 5) is 21.2. The van der Waals surface area contributed by atoms with Crippen molar-refractivity contribution < 1.29 is 9.18 Å². The monoisotopic (exact) mass is 356 g/mol. The largest absolute Gasteiger partial charge is 0.368 e. The third kappa shape index (κ3) is 4.58. The van der Waals surface area contributed by atoms with Crippen molar-refractivity contribution in [2.45, 2.75) is 13.3 Å². The molecule has 1 saturated heterocycles. The zero-order chi connectivity index (χ0) is 18.4. The molecular formula is C20H25FN4O. The summed E-state index contributed by atoms with van der Waals surface area (Å²) in [5.41, 5.74) is 2.03. The van der Waals surface area contributed by atoms with Gasteiger partial charge in [0.2, 0.25) is 0 Å². The third-order valence-corrected chi connectivity index (χ3v) is 4.80. The van der Waals surface area contributed by atoms with Crippen LogP contribution in [0.5, 0.6) is 0 Å². The van der Waals surface area contributed by atoms with E-state index in [9.17, 15) is 9.18 Å².